The Morgan fingerprint density at radius 3 is 2.27 bits per heavy atom. The van der Waals surface area contributed by atoms with Crippen molar-refractivity contribution in [1.82, 2.24) is 10.2 Å². The molecule has 1 saturated carbocycles. The average Bonchev–Trinajstić information content (AvgIpc) is 3.43. The van der Waals surface area contributed by atoms with Crippen LogP contribution in [0.3, 0.4) is 0 Å². The van der Waals surface area contributed by atoms with Crippen LogP contribution in [-0.2, 0) is 17.8 Å². The van der Waals surface area contributed by atoms with Crippen molar-refractivity contribution in [2.45, 2.75) is 83.5 Å². The molecule has 1 amide bonds. The Kier molecular flexibility index (Phi) is 10.7. The second kappa shape index (κ2) is 14.2. The average molecular weight is 573 g/mol. The molecule has 41 heavy (non-hydrogen) atoms. The third-order valence-electron chi connectivity index (χ3n) is 8.47. The number of aryl methyl sites for hydroxylation is 1. The molecule has 1 aliphatic rings. The van der Waals surface area contributed by atoms with Crippen molar-refractivity contribution < 1.29 is 14.7 Å². The van der Waals surface area contributed by atoms with Crippen LogP contribution >= 0.6 is 11.8 Å². The van der Waals surface area contributed by atoms with Gasteiger partial charge in [0.2, 0.25) is 0 Å². The summed E-state index contributed by atoms with van der Waals surface area (Å²) in [6.45, 7) is 7.41. The maximum Gasteiger partial charge on any atom is 0.326 e. The zero-order valence-electron chi connectivity index (χ0n) is 24.9. The van der Waals surface area contributed by atoms with E-state index >= 15 is 0 Å². The third kappa shape index (κ3) is 7.60. The number of carbonyl (C=O) groups excluding carboxylic acids is 1. The van der Waals surface area contributed by atoms with Gasteiger partial charge in [-0.25, -0.2) is 4.79 Å². The second-order valence-corrected chi connectivity index (χ2v) is 12.6. The molecular formula is C35H44N2O3S. The van der Waals surface area contributed by atoms with Gasteiger partial charge in [0, 0.05) is 23.7 Å². The molecule has 4 rings (SSSR count). The summed E-state index contributed by atoms with van der Waals surface area (Å²) in [5, 5.41) is 12.5. The number of amides is 1. The summed E-state index contributed by atoms with van der Waals surface area (Å²) in [4.78, 5) is 28.1. The van der Waals surface area contributed by atoms with Crippen molar-refractivity contribution in [3.05, 3.63) is 95.1 Å². The first-order chi connectivity index (χ1) is 19.7. The van der Waals surface area contributed by atoms with Crippen molar-refractivity contribution in [3.8, 4) is 11.1 Å². The minimum atomic E-state index is -1.01. The molecule has 218 valence electrons. The van der Waals surface area contributed by atoms with E-state index < -0.39 is 12.0 Å². The number of hydrogen-bond donors (Lipinski definition) is 2. The molecule has 6 heteroatoms. The third-order valence-corrected chi connectivity index (χ3v) is 9.12. The van der Waals surface area contributed by atoms with Gasteiger partial charge in [0.1, 0.15) is 6.04 Å². The number of aliphatic carboxylic acids is 1. The molecule has 3 aromatic carbocycles. The number of rotatable bonds is 13. The van der Waals surface area contributed by atoms with Crippen molar-refractivity contribution in [3.63, 3.8) is 0 Å². The summed E-state index contributed by atoms with van der Waals surface area (Å²) in [6, 6.07) is 24.4. The topological polar surface area (TPSA) is 69.6 Å². The van der Waals surface area contributed by atoms with Crippen LogP contribution in [0.25, 0.3) is 11.1 Å². The molecule has 0 spiro atoms. The predicted octanol–water partition coefficient (Wildman–Crippen LogP) is 7.36. The van der Waals surface area contributed by atoms with Gasteiger partial charge >= 0.3 is 5.97 Å². The number of carboxylic acid groups (broad SMARTS) is 1. The summed E-state index contributed by atoms with van der Waals surface area (Å²) in [6.07, 6.45) is 8.19. The van der Waals surface area contributed by atoms with Crippen LogP contribution in [0.2, 0.25) is 0 Å². The molecule has 0 aromatic heterocycles. The van der Waals surface area contributed by atoms with Crippen molar-refractivity contribution in [2.24, 2.45) is 0 Å². The lowest BCUT2D eigenvalue weighted by atomic mass is 9.85. The van der Waals surface area contributed by atoms with Gasteiger partial charge in [-0.2, -0.15) is 11.8 Å². The number of thioether (sulfide) groups is 1. The van der Waals surface area contributed by atoms with Crippen LogP contribution in [0.15, 0.2) is 72.8 Å². The van der Waals surface area contributed by atoms with E-state index in [0.29, 0.717) is 23.8 Å². The maximum absolute atomic E-state index is 13.5. The first-order valence-electron chi connectivity index (χ1n) is 14.8. The lowest BCUT2D eigenvalue weighted by molar-refractivity contribution is -0.139. The van der Waals surface area contributed by atoms with Crippen LogP contribution in [0.4, 0.5) is 0 Å². The molecule has 1 unspecified atom stereocenters. The molecular weight excluding hydrogens is 528 g/mol. The standard InChI is InChI=1S/C35H44N2O3S/c1-25(2)37(35(19-10-11-20-35)23-27-13-6-5-7-14-27)24-28-16-17-30(31(22-28)29-15-9-8-12-26(29)3)33(38)36-32(34(39)40)18-21-41-4/h5-9,12-17,22,25,32H,10-11,18-21,23-24H2,1-4H3,(H,36,38)(H,39,40). The minimum Gasteiger partial charge on any atom is -0.480 e. The number of nitrogens with zero attached hydrogens (tertiary/aromatic N) is 1. The maximum atomic E-state index is 13.5. The molecule has 0 radical (unpaired) electrons. The Hall–Kier alpha value is -3.09. The summed E-state index contributed by atoms with van der Waals surface area (Å²) in [7, 11) is 0. The van der Waals surface area contributed by atoms with Gasteiger partial charge in [-0.05, 0) is 98.4 Å². The van der Waals surface area contributed by atoms with E-state index in [1.165, 1.54) is 31.2 Å². The number of hydrogen-bond acceptors (Lipinski definition) is 4. The van der Waals surface area contributed by atoms with Gasteiger partial charge in [-0.1, -0.05) is 73.5 Å². The summed E-state index contributed by atoms with van der Waals surface area (Å²) >= 11 is 1.57. The number of carboxylic acids is 1. The molecule has 3 aromatic rings. The van der Waals surface area contributed by atoms with Crippen molar-refractivity contribution >= 4 is 23.6 Å². The Morgan fingerprint density at radius 1 is 0.951 bits per heavy atom. The molecule has 0 aliphatic heterocycles. The summed E-state index contributed by atoms with van der Waals surface area (Å²) in [5.74, 6) is -0.689. The van der Waals surface area contributed by atoms with Gasteiger partial charge in [-0.15, -0.1) is 0 Å². The summed E-state index contributed by atoms with van der Waals surface area (Å²) < 4.78 is 0. The minimum absolute atomic E-state index is 0.0976. The van der Waals surface area contributed by atoms with Crippen LogP contribution in [-0.4, -0.2) is 51.5 Å². The highest BCUT2D eigenvalue weighted by Crippen LogP contribution is 2.41. The van der Waals surface area contributed by atoms with Crippen LogP contribution < -0.4 is 5.32 Å². The highest BCUT2D eigenvalue weighted by molar-refractivity contribution is 7.98. The van der Waals surface area contributed by atoms with Gasteiger partial charge < -0.3 is 10.4 Å². The molecule has 1 atom stereocenters. The van der Waals surface area contributed by atoms with Crippen LogP contribution in [0, 0.1) is 6.92 Å². The highest BCUT2D eigenvalue weighted by atomic mass is 32.2. The normalized spacial score (nSPS) is 15.3. The molecule has 0 heterocycles. The Labute approximate surface area is 249 Å². The second-order valence-electron chi connectivity index (χ2n) is 11.7. The van der Waals surface area contributed by atoms with Gasteiger partial charge in [0.25, 0.3) is 5.91 Å². The molecule has 0 bridgehead atoms. The van der Waals surface area contributed by atoms with Crippen LogP contribution in [0.5, 0.6) is 0 Å². The zero-order valence-corrected chi connectivity index (χ0v) is 25.7. The Bertz CT molecular complexity index is 1320. The molecule has 1 fully saturated rings. The fraction of sp³-hybridized carbons (Fsp3) is 0.429. The fourth-order valence-electron chi connectivity index (χ4n) is 6.38. The first kappa shape index (κ1) is 30.9. The van der Waals surface area contributed by atoms with Gasteiger partial charge in [0.15, 0.2) is 0 Å². The Balaban J connectivity index is 1.70. The van der Waals surface area contributed by atoms with Crippen LogP contribution in [0.1, 0.15) is 73.0 Å². The predicted molar refractivity (Wildman–Crippen MR) is 171 cm³/mol. The largest absolute Gasteiger partial charge is 0.480 e. The van der Waals surface area contributed by atoms with E-state index in [4.69, 9.17) is 0 Å². The molecule has 0 saturated heterocycles. The number of carbonyl (C=O) groups is 2. The van der Waals surface area contributed by atoms with Gasteiger partial charge in [-0.3, -0.25) is 9.69 Å². The summed E-state index contributed by atoms with van der Waals surface area (Å²) in [5.41, 5.74) is 6.06. The van der Waals surface area contributed by atoms with E-state index in [1.807, 2.05) is 30.5 Å². The van der Waals surface area contributed by atoms with E-state index in [1.54, 1.807) is 11.8 Å². The SMILES string of the molecule is CSCCC(NC(=O)c1ccc(CN(C(C)C)C2(Cc3ccccc3)CCCC2)cc1-c1ccccc1C)C(=O)O. The number of benzene rings is 3. The van der Waals surface area contributed by atoms with E-state index in [2.05, 4.69) is 79.5 Å². The smallest absolute Gasteiger partial charge is 0.326 e. The van der Waals surface area contributed by atoms with E-state index in [-0.39, 0.29) is 11.4 Å². The van der Waals surface area contributed by atoms with Crippen molar-refractivity contribution in [1.29, 1.82) is 0 Å². The highest BCUT2D eigenvalue weighted by Gasteiger charge is 2.40. The molecule has 2 N–H and O–H groups in total. The monoisotopic (exact) mass is 572 g/mol. The van der Waals surface area contributed by atoms with Crippen molar-refractivity contribution in [2.75, 3.05) is 12.0 Å². The molecule has 5 nitrogen and oxygen atoms in total. The zero-order chi connectivity index (χ0) is 29.4. The Morgan fingerprint density at radius 2 is 1.63 bits per heavy atom. The first-order valence-corrected chi connectivity index (χ1v) is 16.2. The quantitative estimate of drug-likeness (QED) is 0.224. The lowest BCUT2D eigenvalue weighted by Crippen LogP contribution is -2.51. The van der Waals surface area contributed by atoms with Gasteiger partial charge in [0.05, 0.1) is 0 Å². The lowest BCUT2D eigenvalue weighted by Gasteiger charge is -2.45. The molecule has 1 aliphatic carbocycles. The number of nitrogens with one attached hydrogen (secondary N) is 1. The van der Waals surface area contributed by atoms with E-state index in [9.17, 15) is 14.7 Å². The fourth-order valence-corrected chi connectivity index (χ4v) is 6.86. The van der Waals surface area contributed by atoms with E-state index in [0.717, 1.165) is 35.2 Å².